The summed E-state index contributed by atoms with van der Waals surface area (Å²) in [6.07, 6.45) is 0.138. The lowest BCUT2D eigenvalue weighted by Crippen LogP contribution is -2.36. The number of fused-ring (bicyclic) bond motifs is 1. The van der Waals surface area contributed by atoms with Gasteiger partial charge in [-0.2, -0.15) is 0 Å². The molecule has 102 valence electrons. The lowest BCUT2D eigenvalue weighted by atomic mass is 9.97. The third-order valence-electron chi connectivity index (χ3n) is 3.26. The number of amides is 1. The Morgan fingerprint density at radius 3 is 2.89 bits per heavy atom. The van der Waals surface area contributed by atoms with Gasteiger partial charge in [-0.3, -0.25) is 9.59 Å². The molecule has 1 amide bonds. The van der Waals surface area contributed by atoms with Gasteiger partial charge in [0.15, 0.2) is 6.10 Å². The second-order valence-corrected chi connectivity index (χ2v) is 4.60. The minimum Gasteiger partial charge on any atom is -0.481 e. The van der Waals surface area contributed by atoms with Crippen LogP contribution in [0.4, 0.5) is 0 Å². The van der Waals surface area contributed by atoms with Gasteiger partial charge in [0, 0.05) is 13.6 Å². The maximum Gasteiger partial charge on any atom is 0.305 e. The molecule has 0 saturated heterocycles. The lowest BCUT2D eigenvalue weighted by Gasteiger charge is -2.28. The van der Waals surface area contributed by atoms with Crippen LogP contribution in [0.1, 0.15) is 23.7 Å². The highest BCUT2D eigenvalue weighted by Gasteiger charge is 2.29. The molecular weight excluding hydrogens is 246 g/mol. The van der Waals surface area contributed by atoms with Gasteiger partial charge in [0.1, 0.15) is 0 Å². The van der Waals surface area contributed by atoms with E-state index in [1.165, 1.54) is 4.90 Å². The molecule has 1 aliphatic rings. The second-order valence-electron chi connectivity index (χ2n) is 4.60. The summed E-state index contributed by atoms with van der Waals surface area (Å²) in [4.78, 5) is 24.2. The number of hydrogen-bond acceptors (Lipinski definition) is 3. The van der Waals surface area contributed by atoms with E-state index in [9.17, 15) is 9.59 Å². The largest absolute Gasteiger partial charge is 0.481 e. The molecule has 0 spiro atoms. The Labute approximate surface area is 111 Å². The third-order valence-corrected chi connectivity index (χ3v) is 3.26. The Morgan fingerprint density at radius 2 is 2.16 bits per heavy atom. The number of likely N-dealkylation sites (N-methyl/N-ethyl adjacent to an activating group) is 1. The highest BCUT2D eigenvalue weighted by Crippen LogP contribution is 2.28. The lowest BCUT2D eigenvalue weighted by molar-refractivity contribution is -0.145. The molecule has 1 N–H and O–H groups in total. The van der Waals surface area contributed by atoms with Crippen molar-refractivity contribution in [3.63, 3.8) is 0 Å². The number of nitrogens with zero attached hydrogens (tertiary/aromatic N) is 1. The molecule has 1 aromatic rings. The Bertz CT molecular complexity index is 486. The molecule has 2 rings (SSSR count). The molecule has 19 heavy (non-hydrogen) atoms. The van der Waals surface area contributed by atoms with Gasteiger partial charge in [0.05, 0.1) is 13.0 Å². The van der Waals surface area contributed by atoms with Crippen LogP contribution < -0.4 is 0 Å². The third kappa shape index (κ3) is 3.12. The standard InChI is InChI=1S/C14H17NO4/c1-15(8-6-12(16)17)14(18)13-11-5-3-2-4-10(11)7-9-19-13/h2-5,13H,6-9H2,1H3,(H,16,17). The van der Waals surface area contributed by atoms with Crippen LogP contribution in [0.5, 0.6) is 0 Å². The zero-order valence-corrected chi connectivity index (χ0v) is 10.8. The fourth-order valence-corrected chi connectivity index (χ4v) is 2.17. The number of ether oxygens (including phenoxy) is 1. The van der Waals surface area contributed by atoms with Gasteiger partial charge in [0.2, 0.25) is 0 Å². The predicted octanol–water partition coefficient (Wildman–Crippen LogP) is 1.23. The summed E-state index contributed by atoms with van der Waals surface area (Å²) in [6.45, 7) is 0.705. The second kappa shape index (κ2) is 5.84. The summed E-state index contributed by atoms with van der Waals surface area (Å²) in [6, 6.07) is 7.71. The molecule has 5 heteroatoms. The number of benzene rings is 1. The van der Waals surface area contributed by atoms with Crippen molar-refractivity contribution in [3.05, 3.63) is 35.4 Å². The summed E-state index contributed by atoms with van der Waals surface area (Å²) >= 11 is 0. The maximum absolute atomic E-state index is 12.3. The topological polar surface area (TPSA) is 66.8 Å². The number of aliphatic carboxylic acids is 1. The molecular formula is C14H17NO4. The number of hydrogen-bond donors (Lipinski definition) is 1. The molecule has 0 fully saturated rings. The SMILES string of the molecule is CN(CCC(=O)O)C(=O)C1OCCc2ccccc21. The van der Waals surface area contributed by atoms with Gasteiger partial charge < -0.3 is 14.7 Å². The van der Waals surface area contributed by atoms with Crippen molar-refractivity contribution in [1.29, 1.82) is 0 Å². The van der Waals surface area contributed by atoms with Gasteiger partial charge in [-0.1, -0.05) is 24.3 Å². The molecule has 1 unspecified atom stereocenters. The van der Waals surface area contributed by atoms with Crippen LogP contribution in [-0.2, 0) is 20.7 Å². The summed E-state index contributed by atoms with van der Waals surface area (Å²) in [5.41, 5.74) is 2.01. The average molecular weight is 263 g/mol. The van der Waals surface area contributed by atoms with Crippen LogP contribution in [0.25, 0.3) is 0 Å². The normalized spacial score (nSPS) is 17.6. The van der Waals surface area contributed by atoms with E-state index in [1.54, 1.807) is 7.05 Å². The highest BCUT2D eigenvalue weighted by atomic mass is 16.5. The molecule has 1 aliphatic heterocycles. The average Bonchev–Trinajstić information content (AvgIpc) is 2.43. The molecule has 1 heterocycles. The first-order valence-electron chi connectivity index (χ1n) is 6.26. The van der Waals surface area contributed by atoms with Gasteiger partial charge in [-0.05, 0) is 17.5 Å². The van der Waals surface area contributed by atoms with E-state index in [0.717, 1.165) is 17.5 Å². The minimum absolute atomic E-state index is 0.0589. The Morgan fingerprint density at radius 1 is 1.42 bits per heavy atom. The summed E-state index contributed by atoms with van der Waals surface area (Å²) in [7, 11) is 1.60. The van der Waals surface area contributed by atoms with Gasteiger partial charge in [0.25, 0.3) is 5.91 Å². The molecule has 1 aromatic carbocycles. The number of carboxylic acids is 1. The molecule has 0 saturated carbocycles. The maximum atomic E-state index is 12.3. The summed E-state index contributed by atoms with van der Waals surface area (Å²) in [5.74, 6) is -1.10. The molecule has 1 atom stereocenters. The molecule has 0 bridgehead atoms. The van der Waals surface area contributed by atoms with Crippen LogP contribution in [0.15, 0.2) is 24.3 Å². The number of carbonyl (C=O) groups is 2. The van der Waals surface area contributed by atoms with Crippen molar-refractivity contribution < 1.29 is 19.4 Å². The van der Waals surface area contributed by atoms with Crippen molar-refractivity contribution in [3.8, 4) is 0 Å². The molecule has 0 aromatic heterocycles. The van der Waals surface area contributed by atoms with Crippen molar-refractivity contribution in [2.75, 3.05) is 20.2 Å². The van der Waals surface area contributed by atoms with E-state index < -0.39 is 12.1 Å². The number of rotatable bonds is 4. The Balaban J connectivity index is 2.10. The van der Waals surface area contributed by atoms with Crippen molar-refractivity contribution in [2.24, 2.45) is 0 Å². The van der Waals surface area contributed by atoms with Crippen LogP contribution in [-0.4, -0.2) is 42.1 Å². The molecule has 0 radical (unpaired) electrons. The fraction of sp³-hybridized carbons (Fsp3) is 0.429. The first-order chi connectivity index (χ1) is 9.09. The zero-order chi connectivity index (χ0) is 13.8. The van der Waals surface area contributed by atoms with E-state index in [0.29, 0.717) is 6.61 Å². The van der Waals surface area contributed by atoms with Crippen molar-refractivity contribution in [2.45, 2.75) is 18.9 Å². The first-order valence-corrected chi connectivity index (χ1v) is 6.26. The summed E-state index contributed by atoms with van der Waals surface area (Å²) < 4.78 is 5.56. The van der Waals surface area contributed by atoms with E-state index in [4.69, 9.17) is 9.84 Å². The van der Waals surface area contributed by atoms with Crippen LogP contribution >= 0.6 is 0 Å². The Hall–Kier alpha value is -1.88. The fourth-order valence-electron chi connectivity index (χ4n) is 2.17. The van der Waals surface area contributed by atoms with Gasteiger partial charge >= 0.3 is 5.97 Å². The van der Waals surface area contributed by atoms with Crippen molar-refractivity contribution >= 4 is 11.9 Å². The molecule has 0 aliphatic carbocycles. The highest BCUT2D eigenvalue weighted by molar-refractivity contribution is 5.83. The van der Waals surface area contributed by atoms with Gasteiger partial charge in [-0.25, -0.2) is 0 Å². The van der Waals surface area contributed by atoms with Gasteiger partial charge in [-0.15, -0.1) is 0 Å². The minimum atomic E-state index is -0.912. The predicted molar refractivity (Wildman–Crippen MR) is 68.7 cm³/mol. The van der Waals surface area contributed by atoms with E-state index in [1.807, 2.05) is 24.3 Å². The van der Waals surface area contributed by atoms with Crippen LogP contribution in [0, 0.1) is 0 Å². The zero-order valence-electron chi connectivity index (χ0n) is 10.8. The molecule has 5 nitrogen and oxygen atoms in total. The van der Waals surface area contributed by atoms with E-state index >= 15 is 0 Å². The number of carbonyl (C=O) groups excluding carboxylic acids is 1. The van der Waals surface area contributed by atoms with E-state index in [2.05, 4.69) is 0 Å². The number of carboxylic acid groups (broad SMARTS) is 1. The van der Waals surface area contributed by atoms with Crippen LogP contribution in [0.2, 0.25) is 0 Å². The van der Waals surface area contributed by atoms with Crippen LogP contribution in [0.3, 0.4) is 0 Å². The first kappa shape index (κ1) is 13.5. The van der Waals surface area contributed by atoms with E-state index in [-0.39, 0.29) is 18.9 Å². The summed E-state index contributed by atoms with van der Waals surface area (Å²) in [5, 5.41) is 8.64. The quantitative estimate of drug-likeness (QED) is 0.887. The smallest absolute Gasteiger partial charge is 0.305 e. The Kier molecular flexibility index (Phi) is 4.16. The monoisotopic (exact) mass is 263 g/mol. The van der Waals surface area contributed by atoms with Crippen molar-refractivity contribution in [1.82, 2.24) is 4.90 Å².